The first-order valence-corrected chi connectivity index (χ1v) is 6.73. The van der Waals surface area contributed by atoms with Crippen LogP contribution < -0.4 is 10.6 Å². The van der Waals surface area contributed by atoms with E-state index in [1.165, 1.54) is 11.3 Å². The third-order valence-electron chi connectivity index (χ3n) is 2.11. The molecule has 0 aliphatic rings. The molecule has 0 unspecified atom stereocenters. The highest BCUT2D eigenvalue weighted by atomic mass is 32.1. The first kappa shape index (κ1) is 14.7. The van der Waals surface area contributed by atoms with E-state index < -0.39 is 0 Å². The molecule has 0 aromatic carbocycles. The van der Waals surface area contributed by atoms with Crippen LogP contribution in [0.3, 0.4) is 0 Å². The van der Waals surface area contributed by atoms with Gasteiger partial charge >= 0.3 is 0 Å². The summed E-state index contributed by atoms with van der Waals surface area (Å²) in [5, 5.41) is 14.8. The normalized spacial score (nSPS) is 11.0. The minimum Gasteiger partial charge on any atom is -0.351 e. The van der Waals surface area contributed by atoms with Gasteiger partial charge in [-0.1, -0.05) is 0 Å². The van der Waals surface area contributed by atoms with Crippen LogP contribution in [0.4, 0.5) is 0 Å². The van der Waals surface area contributed by atoms with Crippen molar-refractivity contribution in [1.82, 2.24) is 10.6 Å². The average molecular weight is 265 g/mol. The van der Waals surface area contributed by atoms with E-state index in [1.54, 1.807) is 0 Å². The number of rotatable bonds is 5. The topological polar surface area (TPSA) is 64.9 Å². The average Bonchev–Trinajstić information content (AvgIpc) is 2.70. The molecule has 1 amide bonds. The highest BCUT2D eigenvalue weighted by Gasteiger charge is 2.12. The molecule has 0 saturated carbocycles. The quantitative estimate of drug-likeness (QED) is 0.800. The molecule has 1 aromatic heterocycles. The summed E-state index contributed by atoms with van der Waals surface area (Å²) < 4.78 is 0. The van der Waals surface area contributed by atoms with Crippen molar-refractivity contribution >= 4 is 17.2 Å². The third-order valence-corrected chi connectivity index (χ3v) is 3.10. The largest absolute Gasteiger partial charge is 0.351 e. The fourth-order valence-electron chi connectivity index (χ4n) is 1.43. The zero-order valence-electron chi connectivity index (χ0n) is 11.0. The van der Waals surface area contributed by atoms with E-state index in [0.717, 1.165) is 9.75 Å². The van der Waals surface area contributed by atoms with Crippen molar-refractivity contribution in [2.45, 2.75) is 39.3 Å². The molecule has 0 aliphatic heterocycles. The van der Waals surface area contributed by atoms with E-state index in [-0.39, 0.29) is 11.4 Å². The van der Waals surface area contributed by atoms with Crippen molar-refractivity contribution in [3.8, 4) is 6.07 Å². The molecule has 1 heterocycles. The van der Waals surface area contributed by atoms with Gasteiger partial charge in [0.25, 0.3) is 0 Å². The standard InChI is InChI=1S/C13H19N3OS/c1-13(2,3)16-12(17)6-7-15-9-11-5-4-10(8-14)18-11/h4-5,15H,6-7,9H2,1-3H3,(H,16,17). The highest BCUT2D eigenvalue weighted by Crippen LogP contribution is 2.14. The number of hydrogen-bond acceptors (Lipinski definition) is 4. The Morgan fingerprint density at radius 2 is 2.17 bits per heavy atom. The van der Waals surface area contributed by atoms with Crippen LogP contribution in [0.2, 0.25) is 0 Å². The molecule has 4 nitrogen and oxygen atoms in total. The summed E-state index contributed by atoms with van der Waals surface area (Å²) in [6, 6.07) is 5.86. The van der Waals surface area contributed by atoms with Crippen LogP contribution >= 0.6 is 11.3 Å². The maximum Gasteiger partial charge on any atom is 0.221 e. The molecule has 0 saturated heterocycles. The summed E-state index contributed by atoms with van der Waals surface area (Å²) in [7, 11) is 0. The molecular weight excluding hydrogens is 246 g/mol. The van der Waals surface area contributed by atoms with E-state index in [0.29, 0.717) is 19.5 Å². The molecule has 1 rings (SSSR count). The van der Waals surface area contributed by atoms with Crippen molar-refractivity contribution in [3.05, 3.63) is 21.9 Å². The van der Waals surface area contributed by atoms with Gasteiger partial charge < -0.3 is 10.6 Å². The summed E-state index contributed by atoms with van der Waals surface area (Å²) in [6.45, 7) is 7.24. The van der Waals surface area contributed by atoms with Gasteiger partial charge in [-0.2, -0.15) is 5.26 Å². The Bertz CT molecular complexity index is 440. The molecule has 18 heavy (non-hydrogen) atoms. The smallest absolute Gasteiger partial charge is 0.221 e. The molecule has 98 valence electrons. The maximum atomic E-state index is 11.5. The Balaban J connectivity index is 2.19. The molecular formula is C13H19N3OS. The third kappa shape index (κ3) is 5.80. The number of nitrogens with one attached hydrogen (secondary N) is 2. The lowest BCUT2D eigenvalue weighted by Gasteiger charge is -2.20. The first-order chi connectivity index (χ1) is 8.40. The van der Waals surface area contributed by atoms with E-state index in [1.807, 2.05) is 32.9 Å². The summed E-state index contributed by atoms with van der Waals surface area (Å²) in [5.74, 6) is 0.0545. The molecule has 2 N–H and O–H groups in total. The van der Waals surface area contributed by atoms with Crippen LogP contribution in [0.5, 0.6) is 0 Å². The van der Waals surface area contributed by atoms with Crippen molar-refractivity contribution in [2.24, 2.45) is 0 Å². The van der Waals surface area contributed by atoms with Crippen LogP contribution in [0.25, 0.3) is 0 Å². The second kappa shape index (κ2) is 6.53. The Hall–Kier alpha value is -1.38. The van der Waals surface area contributed by atoms with Crippen LogP contribution in [0, 0.1) is 11.3 Å². The van der Waals surface area contributed by atoms with Gasteiger partial charge in [0.05, 0.1) is 0 Å². The molecule has 0 atom stereocenters. The van der Waals surface area contributed by atoms with Crippen LogP contribution in [-0.2, 0) is 11.3 Å². The molecule has 0 spiro atoms. The SMILES string of the molecule is CC(C)(C)NC(=O)CCNCc1ccc(C#N)s1. The molecule has 0 aliphatic carbocycles. The van der Waals surface area contributed by atoms with E-state index in [2.05, 4.69) is 16.7 Å². The number of nitriles is 1. The molecule has 0 fully saturated rings. The predicted octanol–water partition coefficient (Wildman–Crippen LogP) is 2.01. The minimum atomic E-state index is -0.174. The summed E-state index contributed by atoms with van der Waals surface area (Å²) in [6.07, 6.45) is 0.466. The number of hydrogen-bond donors (Lipinski definition) is 2. The van der Waals surface area contributed by atoms with Gasteiger partial charge in [-0.05, 0) is 32.9 Å². The molecule has 1 aromatic rings. The van der Waals surface area contributed by atoms with Crippen LogP contribution in [0.1, 0.15) is 36.9 Å². The number of amides is 1. The van der Waals surface area contributed by atoms with E-state index in [9.17, 15) is 4.79 Å². The zero-order chi connectivity index (χ0) is 13.6. The van der Waals surface area contributed by atoms with Gasteiger partial charge in [0.15, 0.2) is 0 Å². The van der Waals surface area contributed by atoms with Gasteiger partial charge in [0.1, 0.15) is 10.9 Å². The second-order valence-electron chi connectivity index (χ2n) is 5.10. The number of carbonyl (C=O) groups excluding carboxylic acids is 1. The van der Waals surface area contributed by atoms with Gasteiger partial charge in [-0.3, -0.25) is 4.79 Å². The van der Waals surface area contributed by atoms with Crippen LogP contribution in [0.15, 0.2) is 12.1 Å². The Morgan fingerprint density at radius 3 is 2.72 bits per heavy atom. The monoisotopic (exact) mass is 265 g/mol. The van der Waals surface area contributed by atoms with Crippen LogP contribution in [-0.4, -0.2) is 18.0 Å². The first-order valence-electron chi connectivity index (χ1n) is 5.91. The minimum absolute atomic E-state index is 0.0545. The Labute approximate surface area is 112 Å². The van der Waals surface area contributed by atoms with Crippen molar-refractivity contribution < 1.29 is 4.79 Å². The maximum absolute atomic E-state index is 11.5. The summed E-state index contributed by atoms with van der Waals surface area (Å²) >= 11 is 1.48. The fourth-order valence-corrected chi connectivity index (χ4v) is 2.20. The van der Waals surface area contributed by atoms with Gasteiger partial charge in [0, 0.05) is 29.9 Å². The Kier molecular flexibility index (Phi) is 5.32. The molecule has 0 bridgehead atoms. The molecule has 0 radical (unpaired) electrons. The van der Waals surface area contributed by atoms with Crippen molar-refractivity contribution in [2.75, 3.05) is 6.54 Å². The number of carbonyl (C=O) groups is 1. The lowest BCUT2D eigenvalue weighted by atomic mass is 10.1. The van der Waals surface area contributed by atoms with Gasteiger partial charge in [0.2, 0.25) is 5.91 Å². The lowest BCUT2D eigenvalue weighted by Crippen LogP contribution is -2.41. The molecule has 5 heteroatoms. The lowest BCUT2D eigenvalue weighted by molar-refractivity contribution is -0.122. The second-order valence-corrected chi connectivity index (χ2v) is 6.27. The fraction of sp³-hybridized carbons (Fsp3) is 0.538. The van der Waals surface area contributed by atoms with E-state index >= 15 is 0 Å². The number of nitrogens with zero attached hydrogens (tertiary/aromatic N) is 1. The Morgan fingerprint density at radius 1 is 1.44 bits per heavy atom. The predicted molar refractivity (Wildman–Crippen MR) is 73.3 cm³/mol. The van der Waals surface area contributed by atoms with Crippen molar-refractivity contribution in [3.63, 3.8) is 0 Å². The van der Waals surface area contributed by atoms with Gasteiger partial charge in [-0.25, -0.2) is 0 Å². The van der Waals surface area contributed by atoms with E-state index in [4.69, 9.17) is 5.26 Å². The van der Waals surface area contributed by atoms with Crippen molar-refractivity contribution in [1.29, 1.82) is 5.26 Å². The zero-order valence-corrected chi connectivity index (χ0v) is 11.9. The highest BCUT2D eigenvalue weighted by molar-refractivity contribution is 7.12. The van der Waals surface area contributed by atoms with Gasteiger partial charge in [-0.15, -0.1) is 11.3 Å². The number of thiophene rings is 1. The summed E-state index contributed by atoms with van der Waals surface area (Å²) in [5.41, 5.74) is -0.174. The summed E-state index contributed by atoms with van der Waals surface area (Å²) in [4.78, 5) is 13.4.